The van der Waals surface area contributed by atoms with Gasteiger partial charge in [-0.1, -0.05) is 23.8 Å². The first kappa shape index (κ1) is 18.4. The van der Waals surface area contributed by atoms with Crippen LogP contribution in [0.1, 0.15) is 41.3 Å². The fourth-order valence-corrected chi connectivity index (χ4v) is 2.50. The highest BCUT2D eigenvalue weighted by molar-refractivity contribution is 6.01. The zero-order valence-corrected chi connectivity index (χ0v) is 14.7. The summed E-state index contributed by atoms with van der Waals surface area (Å²) in [5.74, 6) is -0.454. The molecule has 2 N–H and O–H groups in total. The van der Waals surface area contributed by atoms with Crippen LogP contribution in [0.3, 0.4) is 0 Å². The fourth-order valence-electron chi connectivity index (χ4n) is 2.50. The van der Waals surface area contributed by atoms with Crippen LogP contribution in [0, 0.1) is 13.8 Å². The van der Waals surface area contributed by atoms with E-state index >= 15 is 0 Å². The van der Waals surface area contributed by atoms with Crippen molar-refractivity contribution in [1.29, 1.82) is 0 Å². The van der Waals surface area contributed by atoms with Crippen LogP contribution in [0.15, 0.2) is 42.5 Å². The number of amides is 2. The lowest BCUT2D eigenvalue weighted by Gasteiger charge is -2.09. The van der Waals surface area contributed by atoms with Crippen LogP contribution in [0.25, 0.3) is 0 Å². The van der Waals surface area contributed by atoms with Crippen LogP contribution in [-0.4, -0.2) is 17.6 Å². The molecule has 0 saturated carbocycles. The lowest BCUT2D eigenvalue weighted by Crippen LogP contribution is -2.14. The summed E-state index contributed by atoms with van der Waals surface area (Å²) in [6, 6.07) is 12.6. The number of hydrogen-bond donors (Lipinski definition) is 2. The fraction of sp³-hybridized carbons (Fsp3) is 0.250. The molecule has 0 aromatic heterocycles. The molecule has 0 unspecified atom stereocenters. The predicted octanol–water partition coefficient (Wildman–Crippen LogP) is 3.86. The van der Waals surface area contributed by atoms with Gasteiger partial charge in [-0.2, -0.15) is 0 Å². The smallest absolute Gasteiger partial charge is 0.224 e. The lowest BCUT2D eigenvalue weighted by molar-refractivity contribution is -0.116. The van der Waals surface area contributed by atoms with Gasteiger partial charge < -0.3 is 10.6 Å². The Bertz CT molecular complexity index is 812. The highest BCUT2D eigenvalue weighted by Crippen LogP contribution is 2.17. The molecule has 2 amide bonds. The van der Waals surface area contributed by atoms with Gasteiger partial charge >= 0.3 is 0 Å². The number of Topliss-reactive ketones (excluding diaryl/α,β-unsaturated/α-hetero) is 1. The van der Waals surface area contributed by atoms with Crippen molar-refractivity contribution in [3.63, 3.8) is 0 Å². The Morgan fingerprint density at radius 1 is 0.880 bits per heavy atom. The molecule has 0 spiro atoms. The second-order valence-electron chi connectivity index (χ2n) is 6.05. The second kappa shape index (κ2) is 8.24. The molecule has 5 heteroatoms. The van der Waals surface area contributed by atoms with E-state index in [1.807, 2.05) is 32.0 Å². The molecule has 0 radical (unpaired) electrons. The monoisotopic (exact) mass is 338 g/mol. The highest BCUT2D eigenvalue weighted by Gasteiger charge is 2.12. The van der Waals surface area contributed by atoms with E-state index in [1.54, 1.807) is 24.3 Å². The molecule has 0 bridgehead atoms. The van der Waals surface area contributed by atoms with Crippen molar-refractivity contribution in [3.8, 4) is 0 Å². The molecule has 130 valence electrons. The molecule has 2 rings (SSSR count). The summed E-state index contributed by atoms with van der Waals surface area (Å²) in [6.07, 6.45) is 0.262. The van der Waals surface area contributed by atoms with Crippen LogP contribution >= 0.6 is 0 Å². The van der Waals surface area contributed by atoms with Crippen LogP contribution < -0.4 is 10.6 Å². The van der Waals surface area contributed by atoms with E-state index < -0.39 is 0 Å². The molecule has 0 aliphatic carbocycles. The molecular formula is C20H22N2O3. The van der Waals surface area contributed by atoms with Crippen LogP contribution in [-0.2, 0) is 9.59 Å². The third kappa shape index (κ3) is 5.57. The Morgan fingerprint density at radius 2 is 1.56 bits per heavy atom. The van der Waals surface area contributed by atoms with E-state index in [9.17, 15) is 14.4 Å². The molecule has 5 nitrogen and oxygen atoms in total. The van der Waals surface area contributed by atoms with Crippen molar-refractivity contribution in [2.45, 2.75) is 33.6 Å². The zero-order valence-electron chi connectivity index (χ0n) is 14.7. The summed E-state index contributed by atoms with van der Waals surface area (Å²) < 4.78 is 0. The Balaban J connectivity index is 1.93. The number of carbonyl (C=O) groups excluding carboxylic acids is 3. The van der Waals surface area contributed by atoms with Crippen LogP contribution in [0.5, 0.6) is 0 Å². The number of anilines is 2. The van der Waals surface area contributed by atoms with Crippen LogP contribution in [0.2, 0.25) is 0 Å². The van der Waals surface area contributed by atoms with Gasteiger partial charge in [0.15, 0.2) is 5.78 Å². The molecule has 0 aliphatic rings. The maximum Gasteiger partial charge on any atom is 0.224 e. The lowest BCUT2D eigenvalue weighted by atomic mass is 9.99. The number of carbonyl (C=O) groups is 3. The minimum atomic E-state index is -0.237. The van der Waals surface area contributed by atoms with E-state index in [2.05, 4.69) is 10.6 Å². The molecule has 0 aliphatic heterocycles. The van der Waals surface area contributed by atoms with Gasteiger partial charge in [0.2, 0.25) is 11.8 Å². The zero-order chi connectivity index (χ0) is 18.4. The summed E-state index contributed by atoms with van der Waals surface area (Å²) in [5.41, 5.74) is 3.79. The number of nitrogens with one attached hydrogen (secondary N) is 2. The maximum absolute atomic E-state index is 12.3. The van der Waals surface area contributed by atoms with Crippen molar-refractivity contribution in [2.24, 2.45) is 0 Å². The summed E-state index contributed by atoms with van der Waals surface area (Å²) in [5, 5.41) is 5.40. The van der Waals surface area contributed by atoms with Gasteiger partial charge in [0.1, 0.15) is 0 Å². The van der Waals surface area contributed by atoms with Gasteiger partial charge in [-0.25, -0.2) is 0 Å². The van der Waals surface area contributed by atoms with Gasteiger partial charge in [0, 0.05) is 36.7 Å². The van der Waals surface area contributed by atoms with Crippen molar-refractivity contribution in [1.82, 2.24) is 0 Å². The molecule has 25 heavy (non-hydrogen) atoms. The molecule has 2 aromatic rings. The highest BCUT2D eigenvalue weighted by atomic mass is 16.2. The first-order chi connectivity index (χ1) is 11.8. The first-order valence-electron chi connectivity index (χ1n) is 8.13. The molecule has 2 aromatic carbocycles. The molecule has 0 fully saturated rings. The summed E-state index contributed by atoms with van der Waals surface area (Å²) >= 11 is 0. The van der Waals surface area contributed by atoms with Gasteiger partial charge in [-0.15, -0.1) is 0 Å². The number of ketones is 1. The third-order valence-corrected chi connectivity index (χ3v) is 3.74. The third-order valence-electron chi connectivity index (χ3n) is 3.74. The SMILES string of the molecule is CC(=O)Nc1cccc(NC(=O)CCC(=O)c2cc(C)ccc2C)c1. The van der Waals surface area contributed by atoms with Crippen LogP contribution in [0.4, 0.5) is 11.4 Å². The van der Waals surface area contributed by atoms with E-state index in [0.29, 0.717) is 16.9 Å². The van der Waals surface area contributed by atoms with E-state index in [0.717, 1.165) is 11.1 Å². The van der Waals surface area contributed by atoms with Gasteiger partial charge in [0.25, 0.3) is 0 Å². The van der Waals surface area contributed by atoms with E-state index in [4.69, 9.17) is 0 Å². The molecule has 0 saturated heterocycles. The minimum Gasteiger partial charge on any atom is -0.326 e. The Morgan fingerprint density at radius 3 is 2.24 bits per heavy atom. The minimum absolute atomic E-state index is 0.0386. The Kier molecular flexibility index (Phi) is 6.06. The number of rotatable bonds is 6. The number of benzene rings is 2. The number of aryl methyl sites for hydroxylation is 2. The maximum atomic E-state index is 12.3. The molecular weight excluding hydrogens is 316 g/mol. The normalized spacial score (nSPS) is 10.2. The second-order valence-corrected chi connectivity index (χ2v) is 6.05. The molecule has 0 atom stereocenters. The Hall–Kier alpha value is -2.95. The predicted molar refractivity (Wildman–Crippen MR) is 98.9 cm³/mol. The van der Waals surface area contributed by atoms with Gasteiger partial charge in [-0.3, -0.25) is 14.4 Å². The van der Waals surface area contributed by atoms with Gasteiger partial charge in [0.05, 0.1) is 0 Å². The van der Waals surface area contributed by atoms with E-state index in [1.165, 1.54) is 6.92 Å². The van der Waals surface area contributed by atoms with E-state index in [-0.39, 0.29) is 30.4 Å². The van der Waals surface area contributed by atoms with Gasteiger partial charge in [-0.05, 0) is 43.7 Å². The molecule has 0 heterocycles. The van der Waals surface area contributed by atoms with Crippen molar-refractivity contribution >= 4 is 29.0 Å². The largest absolute Gasteiger partial charge is 0.326 e. The average molecular weight is 338 g/mol. The quantitative estimate of drug-likeness (QED) is 0.785. The number of hydrogen-bond acceptors (Lipinski definition) is 3. The van der Waals surface area contributed by atoms with Crippen molar-refractivity contribution in [2.75, 3.05) is 10.6 Å². The van der Waals surface area contributed by atoms with Crippen molar-refractivity contribution in [3.05, 3.63) is 59.2 Å². The summed E-state index contributed by atoms with van der Waals surface area (Å²) in [7, 11) is 0. The average Bonchev–Trinajstić information content (AvgIpc) is 2.54. The topological polar surface area (TPSA) is 75.3 Å². The standard InChI is InChI=1S/C20H22N2O3/c1-13-7-8-14(2)18(11-13)19(24)9-10-20(25)22-17-6-4-5-16(12-17)21-15(3)23/h4-8,11-12H,9-10H2,1-3H3,(H,21,23)(H,22,25). The Labute approximate surface area is 147 Å². The summed E-state index contributed by atoms with van der Waals surface area (Å²) in [6.45, 7) is 5.25. The van der Waals surface area contributed by atoms with Crippen molar-refractivity contribution < 1.29 is 14.4 Å². The first-order valence-corrected chi connectivity index (χ1v) is 8.13. The summed E-state index contributed by atoms with van der Waals surface area (Å²) in [4.78, 5) is 35.5.